The minimum absolute atomic E-state index is 0.00627. The molecule has 0 bridgehead atoms. The molecule has 1 aliphatic rings. The molecular formula is C25H28FN3O5S. The van der Waals surface area contributed by atoms with Gasteiger partial charge in [-0.3, -0.25) is 4.79 Å². The van der Waals surface area contributed by atoms with Crippen LogP contribution < -0.4 is 4.74 Å². The maximum atomic E-state index is 14.3. The van der Waals surface area contributed by atoms with E-state index in [1.165, 1.54) is 38.6 Å². The molecule has 0 unspecified atom stereocenters. The number of rotatable bonds is 11. The summed E-state index contributed by atoms with van der Waals surface area (Å²) in [6.07, 6.45) is 3.10. The average molecular weight is 502 g/mol. The number of hydrogen-bond acceptors (Lipinski definition) is 6. The molecule has 1 aliphatic carbocycles. The number of imidazole rings is 1. The first-order valence-corrected chi connectivity index (χ1v) is 12.9. The van der Waals surface area contributed by atoms with Crippen LogP contribution in [0.1, 0.15) is 34.5 Å². The van der Waals surface area contributed by atoms with E-state index >= 15 is 0 Å². The number of carbonyl (C=O) groups excluding carboxylic acids is 1. The van der Waals surface area contributed by atoms with E-state index < -0.39 is 21.6 Å². The van der Waals surface area contributed by atoms with Crippen LogP contribution in [0.5, 0.6) is 5.75 Å². The summed E-state index contributed by atoms with van der Waals surface area (Å²) in [6, 6.07) is 12.7. The number of aromatic nitrogens is 2. The van der Waals surface area contributed by atoms with Gasteiger partial charge in [-0.25, -0.2) is 17.8 Å². The molecule has 1 saturated carbocycles. The Bertz CT molecular complexity index is 1300. The minimum Gasteiger partial charge on any atom is -0.497 e. The Hall–Kier alpha value is -3.24. The Morgan fingerprint density at radius 3 is 2.63 bits per heavy atom. The van der Waals surface area contributed by atoms with Crippen LogP contribution in [0.25, 0.3) is 0 Å². The number of hydrogen-bond donors (Lipinski definition) is 0. The second-order valence-corrected chi connectivity index (χ2v) is 10.3. The van der Waals surface area contributed by atoms with E-state index in [1.807, 2.05) is 0 Å². The van der Waals surface area contributed by atoms with Crippen molar-refractivity contribution in [3.8, 4) is 5.75 Å². The van der Waals surface area contributed by atoms with E-state index in [2.05, 4.69) is 4.98 Å². The molecular weight excluding hydrogens is 473 g/mol. The van der Waals surface area contributed by atoms with Crippen molar-refractivity contribution in [3.63, 3.8) is 0 Å². The lowest BCUT2D eigenvalue weighted by atomic mass is 10.1. The summed E-state index contributed by atoms with van der Waals surface area (Å²) in [5, 5.41) is -0.0959. The van der Waals surface area contributed by atoms with Gasteiger partial charge in [0.1, 0.15) is 11.6 Å². The lowest BCUT2D eigenvalue weighted by Gasteiger charge is -2.23. The predicted octanol–water partition coefficient (Wildman–Crippen LogP) is 3.46. The van der Waals surface area contributed by atoms with Gasteiger partial charge < -0.3 is 18.9 Å². The number of amides is 1. The quantitative estimate of drug-likeness (QED) is 0.400. The molecule has 0 N–H and O–H groups in total. The standard InChI is InChI=1S/C25H28FN3O5S/c1-33-13-12-28-20(16-29(19-10-11-19)24(30)22-8-3-4-9-23(22)26)15-27-25(28)35(31,32)17-18-6-5-7-21(14-18)34-2/h3-9,14-15,19H,10-13,16-17H2,1-2H3. The largest absolute Gasteiger partial charge is 0.497 e. The highest BCUT2D eigenvalue weighted by molar-refractivity contribution is 7.90. The summed E-state index contributed by atoms with van der Waals surface area (Å²) in [7, 11) is -0.774. The predicted molar refractivity (Wildman–Crippen MR) is 127 cm³/mol. The van der Waals surface area contributed by atoms with Crippen molar-refractivity contribution in [1.29, 1.82) is 0 Å². The van der Waals surface area contributed by atoms with Crippen molar-refractivity contribution in [2.45, 2.75) is 42.9 Å². The smallest absolute Gasteiger partial charge is 0.257 e. The number of sulfone groups is 1. The Morgan fingerprint density at radius 2 is 1.94 bits per heavy atom. The fourth-order valence-corrected chi connectivity index (χ4v) is 5.46. The molecule has 0 spiro atoms. The van der Waals surface area contributed by atoms with Crippen molar-refractivity contribution >= 4 is 15.7 Å². The number of benzene rings is 2. The van der Waals surface area contributed by atoms with Crippen LogP contribution in [-0.4, -0.2) is 55.6 Å². The van der Waals surface area contributed by atoms with E-state index in [-0.39, 0.29) is 42.2 Å². The topological polar surface area (TPSA) is 90.7 Å². The monoisotopic (exact) mass is 501 g/mol. The van der Waals surface area contributed by atoms with Gasteiger partial charge in [-0.05, 0) is 42.7 Å². The molecule has 1 fully saturated rings. The molecule has 0 atom stereocenters. The fraction of sp³-hybridized carbons (Fsp3) is 0.360. The van der Waals surface area contributed by atoms with E-state index in [4.69, 9.17) is 9.47 Å². The summed E-state index contributed by atoms with van der Waals surface area (Å²) in [5.74, 6) is -0.704. The van der Waals surface area contributed by atoms with E-state index in [9.17, 15) is 17.6 Å². The van der Waals surface area contributed by atoms with Crippen LogP contribution in [0.15, 0.2) is 59.9 Å². The van der Waals surface area contributed by atoms with Crippen molar-refractivity contribution in [2.24, 2.45) is 0 Å². The molecule has 8 nitrogen and oxygen atoms in total. The minimum atomic E-state index is -3.82. The molecule has 1 amide bonds. The van der Waals surface area contributed by atoms with Gasteiger partial charge in [0.2, 0.25) is 15.0 Å². The second-order valence-electron chi connectivity index (χ2n) is 8.43. The Labute approximate surface area is 204 Å². The van der Waals surface area contributed by atoms with Gasteiger partial charge in [0.05, 0.1) is 43.5 Å². The lowest BCUT2D eigenvalue weighted by molar-refractivity contribution is 0.0719. The normalized spacial score (nSPS) is 13.6. The average Bonchev–Trinajstić information content (AvgIpc) is 3.60. The second kappa shape index (κ2) is 10.6. The zero-order valence-corrected chi connectivity index (χ0v) is 20.5. The van der Waals surface area contributed by atoms with E-state index in [0.29, 0.717) is 17.0 Å². The molecule has 1 heterocycles. The highest BCUT2D eigenvalue weighted by atomic mass is 32.2. The molecule has 186 valence electrons. The number of halogens is 1. The number of ether oxygens (including phenoxy) is 2. The van der Waals surface area contributed by atoms with Crippen molar-refractivity contribution in [1.82, 2.24) is 14.5 Å². The number of methoxy groups -OCH3 is 2. The maximum absolute atomic E-state index is 14.3. The van der Waals surface area contributed by atoms with Gasteiger partial charge >= 0.3 is 0 Å². The SMILES string of the molecule is COCCn1c(CN(C(=O)c2ccccc2F)C2CC2)cnc1S(=O)(=O)Cc1cccc(OC)c1. The van der Waals surface area contributed by atoms with Gasteiger partial charge in [0.25, 0.3) is 5.91 Å². The Balaban J connectivity index is 1.64. The Morgan fingerprint density at radius 1 is 1.17 bits per heavy atom. The van der Waals surface area contributed by atoms with Crippen LogP contribution in [0.3, 0.4) is 0 Å². The highest BCUT2D eigenvalue weighted by Crippen LogP contribution is 2.31. The van der Waals surface area contributed by atoms with Gasteiger partial charge in [0, 0.05) is 19.7 Å². The van der Waals surface area contributed by atoms with Crippen LogP contribution in [0.2, 0.25) is 0 Å². The zero-order chi connectivity index (χ0) is 25.0. The van der Waals surface area contributed by atoms with Gasteiger partial charge in [-0.1, -0.05) is 24.3 Å². The van der Waals surface area contributed by atoms with Gasteiger partial charge in [-0.15, -0.1) is 0 Å². The molecule has 1 aromatic heterocycles. The summed E-state index contributed by atoms with van der Waals surface area (Å²) in [4.78, 5) is 19.0. The van der Waals surface area contributed by atoms with Crippen LogP contribution in [-0.2, 0) is 33.4 Å². The highest BCUT2D eigenvalue weighted by Gasteiger charge is 2.35. The van der Waals surface area contributed by atoms with Crippen molar-refractivity contribution in [3.05, 3.63) is 77.4 Å². The van der Waals surface area contributed by atoms with Crippen LogP contribution >= 0.6 is 0 Å². The molecule has 2 aromatic carbocycles. The maximum Gasteiger partial charge on any atom is 0.257 e. The molecule has 10 heteroatoms. The third-order valence-corrected chi connectivity index (χ3v) is 7.47. The first kappa shape index (κ1) is 24.9. The van der Waals surface area contributed by atoms with Gasteiger partial charge in [0.15, 0.2) is 0 Å². The molecule has 3 aromatic rings. The summed E-state index contributed by atoms with van der Waals surface area (Å²) in [5.41, 5.74) is 1.11. The third kappa shape index (κ3) is 5.71. The molecule has 0 aliphatic heterocycles. The molecule has 4 rings (SSSR count). The summed E-state index contributed by atoms with van der Waals surface area (Å²) < 4.78 is 53.0. The number of carbonyl (C=O) groups is 1. The van der Waals surface area contributed by atoms with Crippen molar-refractivity contribution < 1.29 is 27.1 Å². The van der Waals surface area contributed by atoms with Gasteiger partial charge in [-0.2, -0.15) is 0 Å². The van der Waals surface area contributed by atoms with Crippen molar-refractivity contribution in [2.75, 3.05) is 20.8 Å². The first-order chi connectivity index (χ1) is 16.8. The summed E-state index contributed by atoms with van der Waals surface area (Å²) >= 11 is 0. The van der Waals surface area contributed by atoms with Crippen LogP contribution in [0, 0.1) is 5.82 Å². The van der Waals surface area contributed by atoms with E-state index in [1.54, 1.807) is 39.8 Å². The van der Waals surface area contributed by atoms with Crippen LogP contribution in [0.4, 0.5) is 4.39 Å². The molecule has 0 radical (unpaired) electrons. The molecule has 35 heavy (non-hydrogen) atoms. The Kier molecular flexibility index (Phi) is 7.51. The third-order valence-electron chi connectivity index (χ3n) is 5.87. The first-order valence-electron chi connectivity index (χ1n) is 11.3. The van der Waals surface area contributed by atoms with E-state index in [0.717, 1.165) is 12.8 Å². The summed E-state index contributed by atoms with van der Waals surface area (Å²) in [6.45, 7) is 0.615. The lowest BCUT2D eigenvalue weighted by Crippen LogP contribution is -2.34. The number of nitrogens with zero attached hydrogens (tertiary/aromatic N) is 3. The molecule has 0 saturated heterocycles. The zero-order valence-electron chi connectivity index (χ0n) is 19.7. The fourth-order valence-electron chi connectivity index (χ4n) is 3.95.